The number of aromatic hydroxyl groups is 1. The molecule has 1 aliphatic rings. The third kappa shape index (κ3) is 4.77. The summed E-state index contributed by atoms with van der Waals surface area (Å²) < 4.78 is 5.12. The molecule has 188 valence electrons. The number of fused-ring (bicyclic) bond motifs is 2. The number of nitrogens with one attached hydrogen (secondary N) is 2. The lowest BCUT2D eigenvalue weighted by Gasteiger charge is -2.19. The number of methoxy groups -OCH3 is 1. The smallest absolute Gasteiger partial charge is 0.200 e. The number of ether oxygens (including phenoxy) is 1. The van der Waals surface area contributed by atoms with Gasteiger partial charge in [-0.25, -0.2) is 4.98 Å². The van der Waals surface area contributed by atoms with Crippen LogP contribution in [-0.4, -0.2) is 48.5 Å². The number of carbonyl (C=O) groups is 2. The van der Waals surface area contributed by atoms with E-state index in [9.17, 15) is 20.0 Å². The van der Waals surface area contributed by atoms with Crippen LogP contribution in [0.25, 0.3) is 0 Å². The number of carbonyl (C=O) groups excluding carboxylic acids is 2. The number of nitrogens with zero attached hydrogens (tertiary/aromatic N) is 4. The average molecular weight is 499 g/mol. The first-order chi connectivity index (χ1) is 17.9. The van der Waals surface area contributed by atoms with Crippen LogP contribution in [0.1, 0.15) is 56.3 Å². The maximum atomic E-state index is 13.4. The number of hydrogen-bond acceptors (Lipinski definition) is 10. The van der Waals surface area contributed by atoms with Crippen LogP contribution in [0.4, 0.5) is 23.0 Å². The quantitative estimate of drug-likeness (QED) is 0.215. The van der Waals surface area contributed by atoms with E-state index in [4.69, 9.17) is 4.74 Å². The van der Waals surface area contributed by atoms with Gasteiger partial charge < -0.3 is 20.5 Å². The van der Waals surface area contributed by atoms with E-state index < -0.39 is 5.78 Å². The molecule has 0 bridgehead atoms. The third-order valence-electron chi connectivity index (χ3n) is 5.95. The number of pyridine rings is 1. The minimum absolute atomic E-state index is 0.0551. The Morgan fingerprint density at radius 2 is 1.70 bits per heavy atom. The van der Waals surface area contributed by atoms with Crippen LogP contribution >= 0.6 is 0 Å². The number of hydrogen-bond donors (Lipinski definition) is 3. The van der Waals surface area contributed by atoms with E-state index in [0.717, 1.165) is 6.42 Å². The molecule has 3 N–H and O–H groups in total. The van der Waals surface area contributed by atoms with Gasteiger partial charge in [-0.1, -0.05) is 31.2 Å². The summed E-state index contributed by atoms with van der Waals surface area (Å²) in [7, 11) is 1.58. The molecule has 4 rings (SSSR count). The summed E-state index contributed by atoms with van der Waals surface area (Å²) in [5, 5.41) is 35.1. The second-order valence-electron chi connectivity index (χ2n) is 8.37. The van der Waals surface area contributed by atoms with Gasteiger partial charge in [0.1, 0.15) is 23.3 Å². The SMILES string of the molecule is CCCNc1nc(NCCOC)c(/N=N/c2cccc3c2C(=O)c2c(O)cccc2C3=O)c(C)c1C#N. The zero-order chi connectivity index (χ0) is 26.5. The fourth-order valence-corrected chi connectivity index (χ4v) is 4.11. The summed E-state index contributed by atoms with van der Waals surface area (Å²) in [5.41, 5.74) is 1.71. The lowest BCUT2D eigenvalue weighted by molar-refractivity contribution is 0.0977. The molecule has 3 aromatic rings. The first-order valence-electron chi connectivity index (χ1n) is 11.8. The molecule has 0 aliphatic heterocycles. The Kier molecular flexibility index (Phi) is 7.55. The highest BCUT2D eigenvalue weighted by molar-refractivity contribution is 6.30. The van der Waals surface area contributed by atoms with Gasteiger partial charge >= 0.3 is 0 Å². The largest absolute Gasteiger partial charge is 0.507 e. The van der Waals surface area contributed by atoms with Gasteiger partial charge in [0, 0.05) is 36.9 Å². The second kappa shape index (κ2) is 11.0. The van der Waals surface area contributed by atoms with Gasteiger partial charge in [0.25, 0.3) is 0 Å². The number of benzene rings is 2. The number of ketones is 2. The van der Waals surface area contributed by atoms with Crippen molar-refractivity contribution in [3.63, 3.8) is 0 Å². The van der Waals surface area contributed by atoms with E-state index in [0.29, 0.717) is 48.1 Å². The van der Waals surface area contributed by atoms with Crippen molar-refractivity contribution in [1.82, 2.24) is 4.98 Å². The molecule has 2 aromatic carbocycles. The van der Waals surface area contributed by atoms with Crippen molar-refractivity contribution in [2.75, 3.05) is 37.4 Å². The Morgan fingerprint density at radius 1 is 1.00 bits per heavy atom. The fraction of sp³-hybridized carbons (Fsp3) is 0.259. The van der Waals surface area contributed by atoms with E-state index in [-0.39, 0.29) is 39.5 Å². The first-order valence-corrected chi connectivity index (χ1v) is 11.8. The molecular weight excluding hydrogens is 472 g/mol. The van der Waals surface area contributed by atoms with E-state index in [2.05, 4.69) is 31.9 Å². The molecule has 0 fully saturated rings. The molecule has 0 saturated heterocycles. The summed E-state index contributed by atoms with van der Waals surface area (Å²) in [6, 6.07) is 11.3. The van der Waals surface area contributed by atoms with Crippen LogP contribution in [-0.2, 0) is 4.74 Å². The van der Waals surface area contributed by atoms with Gasteiger partial charge in [0.05, 0.1) is 29.0 Å². The van der Waals surface area contributed by atoms with Crippen molar-refractivity contribution in [1.29, 1.82) is 5.26 Å². The molecule has 0 unspecified atom stereocenters. The summed E-state index contributed by atoms with van der Waals surface area (Å²) in [6.45, 7) is 5.25. The lowest BCUT2D eigenvalue weighted by atomic mass is 9.83. The highest BCUT2D eigenvalue weighted by Crippen LogP contribution is 2.39. The summed E-state index contributed by atoms with van der Waals surface area (Å²) >= 11 is 0. The van der Waals surface area contributed by atoms with Crippen molar-refractivity contribution in [3.8, 4) is 11.8 Å². The summed E-state index contributed by atoms with van der Waals surface area (Å²) in [6.07, 6.45) is 0.851. The van der Waals surface area contributed by atoms with Crippen molar-refractivity contribution < 1.29 is 19.4 Å². The zero-order valence-corrected chi connectivity index (χ0v) is 20.8. The zero-order valence-electron chi connectivity index (χ0n) is 20.8. The van der Waals surface area contributed by atoms with Crippen LogP contribution in [0.15, 0.2) is 46.6 Å². The molecule has 1 heterocycles. The summed E-state index contributed by atoms with van der Waals surface area (Å²) in [4.78, 5) is 31.0. The average Bonchev–Trinajstić information content (AvgIpc) is 2.90. The highest BCUT2D eigenvalue weighted by Gasteiger charge is 2.33. The fourth-order valence-electron chi connectivity index (χ4n) is 4.11. The van der Waals surface area contributed by atoms with Gasteiger partial charge in [-0.15, -0.1) is 10.2 Å². The second-order valence-corrected chi connectivity index (χ2v) is 8.37. The maximum absolute atomic E-state index is 13.4. The van der Waals surface area contributed by atoms with Crippen molar-refractivity contribution in [2.45, 2.75) is 20.3 Å². The van der Waals surface area contributed by atoms with Gasteiger partial charge in [-0.3, -0.25) is 9.59 Å². The van der Waals surface area contributed by atoms with Crippen molar-refractivity contribution in [2.24, 2.45) is 10.2 Å². The minimum atomic E-state index is -0.512. The molecular formula is C27H26N6O4. The van der Waals surface area contributed by atoms with Crippen LogP contribution in [0.5, 0.6) is 5.75 Å². The molecule has 1 aromatic heterocycles. The number of phenolic OH excluding ortho intramolecular Hbond substituents is 1. The van der Waals surface area contributed by atoms with E-state index in [1.807, 2.05) is 6.92 Å². The standard InChI is InChI=1S/C27H26N6O4/c1-4-11-29-26-18(14-28)15(2)23(27(31-26)30-12-13-37-3)33-32-19-9-5-7-16-21(19)25(36)22-17(24(16)35)8-6-10-20(22)34/h5-10,34H,4,11-13H2,1-3H3,(H2,29,30,31)/b33-32+. The van der Waals surface area contributed by atoms with Crippen molar-refractivity contribution >= 4 is 34.6 Å². The topological polar surface area (TPSA) is 149 Å². The number of rotatable bonds is 9. The Balaban J connectivity index is 1.82. The van der Waals surface area contributed by atoms with E-state index in [1.54, 1.807) is 32.2 Å². The molecule has 10 nitrogen and oxygen atoms in total. The monoisotopic (exact) mass is 498 g/mol. The Hall–Kier alpha value is -4.62. The maximum Gasteiger partial charge on any atom is 0.200 e. The Morgan fingerprint density at radius 3 is 2.41 bits per heavy atom. The van der Waals surface area contributed by atoms with Crippen LogP contribution < -0.4 is 10.6 Å². The summed E-state index contributed by atoms with van der Waals surface area (Å²) in [5.74, 6) is -0.332. The third-order valence-corrected chi connectivity index (χ3v) is 5.95. The predicted molar refractivity (Wildman–Crippen MR) is 138 cm³/mol. The number of anilines is 2. The van der Waals surface area contributed by atoms with Crippen molar-refractivity contribution in [3.05, 3.63) is 69.8 Å². The predicted octanol–water partition coefficient (Wildman–Crippen LogP) is 5.04. The van der Waals surface area contributed by atoms with Crippen LogP contribution in [0.3, 0.4) is 0 Å². The lowest BCUT2D eigenvalue weighted by Crippen LogP contribution is -2.21. The molecule has 10 heteroatoms. The normalized spacial score (nSPS) is 12.3. The molecule has 0 radical (unpaired) electrons. The Bertz CT molecular complexity index is 1460. The van der Waals surface area contributed by atoms with Gasteiger partial charge in [0.2, 0.25) is 0 Å². The van der Waals surface area contributed by atoms with Gasteiger partial charge in [-0.2, -0.15) is 5.26 Å². The van der Waals surface area contributed by atoms with E-state index >= 15 is 0 Å². The minimum Gasteiger partial charge on any atom is -0.507 e. The van der Waals surface area contributed by atoms with Gasteiger partial charge in [0.15, 0.2) is 17.4 Å². The molecule has 1 aliphatic carbocycles. The molecule has 0 spiro atoms. The van der Waals surface area contributed by atoms with Crippen LogP contribution in [0.2, 0.25) is 0 Å². The first kappa shape index (κ1) is 25.5. The Labute approximate surface area is 214 Å². The molecule has 0 amide bonds. The number of aromatic nitrogens is 1. The van der Waals surface area contributed by atoms with Crippen LogP contribution in [0, 0.1) is 18.3 Å². The van der Waals surface area contributed by atoms with E-state index in [1.165, 1.54) is 18.2 Å². The molecule has 0 atom stereocenters. The highest BCUT2D eigenvalue weighted by atomic mass is 16.5. The number of azo groups is 1. The molecule has 37 heavy (non-hydrogen) atoms. The van der Waals surface area contributed by atoms with Gasteiger partial charge in [-0.05, 0) is 25.5 Å². The number of phenols is 1. The molecule has 0 saturated carbocycles. The number of nitriles is 1.